The lowest BCUT2D eigenvalue weighted by Gasteiger charge is -2.42. The number of hydrogen-bond donors (Lipinski definition) is 2. The van der Waals surface area contributed by atoms with Gasteiger partial charge in [0, 0.05) is 12.5 Å². The summed E-state index contributed by atoms with van der Waals surface area (Å²) in [4.78, 5) is 0. The number of hydrogen-bond acceptors (Lipinski definition) is 2. The molecule has 2 saturated heterocycles. The fourth-order valence-corrected chi connectivity index (χ4v) is 3.40. The number of nitrogens with one attached hydrogen (secondary N) is 1. The minimum absolute atomic E-state index is 0. The van der Waals surface area contributed by atoms with E-state index >= 15 is 0 Å². The van der Waals surface area contributed by atoms with E-state index < -0.39 is 5.60 Å². The standard InChI is InChI=1S/C14H23NO.ClH/c1-3-5-6-8-14(16)10-12-7-9-13(4-2,11-14)15-12;/h2,12,15-16H,3,5-11H2,1H3;1H. The third kappa shape index (κ3) is 3.16. The van der Waals surface area contributed by atoms with E-state index in [0.29, 0.717) is 6.04 Å². The SMILES string of the molecule is C#CC12CCC(CC(O)(CCCCC)C1)N2.Cl. The zero-order valence-electron chi connectivity index (χ0n) is 10.7. The Balaban J connectivity index is 0.00000144. The van der Waals surface area contributed by atoms with Gasteiger partial charge in [-0.25, -0.2) is 0 Å². The first kappa shape index (κ1) is 14.8. The van der Waals surface area contributed by atoms with Gasteiger partial charge >= 0.3 is 0 Å². The summed E-state index contributed by atoms with van der Waals surface area (Å²) in [5.74, 6) is 2.88. The number of fused-ring (bicyclic) bond motifs is 2. The van der Waals surface area contributed by atoms with Crippen LogP contribution >= 0.6 is 12.4 Å². The molecule has 2 fully saturated rings. The summed E-state index contributed by atoms with van der Waals surface area (Å²) in [5, 5.41) is 14.1. The lowest BCUT2D eigenvalue weighted by Crippen LogP contribution is -2.55. The van der Waals surface area contributed by atoms with E-state index in [4.69, 9.17) is 6.42 Å². The number of piperidine rings is 1. The van der Waals surface area contributed by atoms with Crippen LogP contribution in [0.2, 0.25) is 0 Å². The first-order valence-electron chi connectivity index (χ1n) is 6.59. The van der Waals surface area contributed by atoms with Crippen molar-refractivity contribution in [3.05, 3.63) is 0 Å². The molecule has 17 heavy (non-hydrogen) atoms. The van der Waals surface area contributed by atoms with Crippen LogP contribution in [0.15, 0.2) is 0 Å². The Morgan fingerprint density at radius 1 is 1.47 bits per heavy atom. The normalized spacial score (nSPS) is 39.5. The van der Waals surface area contributed by atoms with E-state index in [1.54, 1.807) is 0 Å². The highest BCUT2D eigenvalue weighted by molar-refractivity contribution is 5.85. The highest BCUT2D eigenvalue weighted by Gasteiger charge is 2.50. The molecule has 0 spiro atoms. The quantitative estimate of drug-likeness (QED) is 0.600. The number of terminal acetylenes is 1. The maximum Gasteiger partial charge on any atom is 0.0828 e. The molecule has 2 aliphatic rings. The van der Waals surface area contributed by atoms with Crippen molar-refractivity contribution in [1.29, 1.82) is 0 Å². The first-order chi connectivity index (χ1) is 7.61. The van der Waals surface area contributed by atoms with Crippen LogP contribution in [-0.2, 0) is 0 Å². The van der Waals surface area contributed by atoms with E-state index in [0.717, 1.165) is 38.5 Å². The Hall–Kier alpha value is -0.230. The molecular formula is C14H24ClNO. The molecule has 2 aliphatic heterocycles. The largest absolute Gasteiger partial charge is 0.390 e. The van der Waals surface area contributed by atoms with Gasteiger partial charge in [0.25, 0.3) is 0 Å². The summed E-state index contributed by atoms with van der Waals surface area (Å²) >= 11 is 0. The van der Waals surface area contributed by atoms with Crippen molar-refractivity contribution in [2.45, 2.75) is 75.5 Å². The van der Waals surface area contributed by atoms with Crippen LogP contribution in [0, 0.1) is 12.3 Å². The van der Waals surface area contributed by atoms with E-state index in [2.05, 4.69) is 18.2 Å². The predicted octanol–water partition coefficient (Wildman–Crippen LogP) is 2.64. The van der Waals surface area contributed by atoms with E-state index in [1.165, 1.54) is 12.8 Å². The van der Waals surface area contributed by atoms with Crippen molar-refractivity contribution in [1.82, 2.24) is 5.32 Å². The van der Waals surface area contributed by atoms with Gasteiger partial charge in [-0.1, -0.05) is 32.1 Å². The molecule has 2 N–H and O–H groups in total. The van der Waals surface area contributed by atoms with Crippen molar-refractivity contribution in [2.75, 3.05) is 0 Å². The van der Waals surface area contributed by atoms with Gasteiger partial charge in [0.15, 0.2) is 0 Å². The van der Waals surface area contributed by atoms with Crippen molar-refractivity contribution in [3.63, 3.8) is 0 Å². The summed E-state index contributed by atoms with van der Waals surface area (Å²) in [6.45, 7) is 2.19. The Labute approximate surface area is 111 Å². The minimum Gasteiger partial charge on any atom is -0.390 e. The third-order valence-electron chi connectivity index (χ3n) is 4.18. The molecule has 2 heterocycles. The molecule has 0 saturated carbocycles. The van der Waals surface area contributed by atoms with Gasteiger partial charge in [0.2, 0.25) is 0 Å². The molecule has 3 atom stereocenters. The summed E-state index contributed by atoms with van der Waals surface area (Å²) in [6.07, 6.45) is 13.9. The van der Waals surface area contributed by atoms with Crippen molar-refractivity contribution < 1.29 is 5.11 Å². The topological polar surface area (TPSA) is 32.3 Å². The van der Waals surface area contributed by atoms with E-state index in [1.807, 2.05) is 0 Å². The van der Waals surface area contributed by atoms with Crippen LogP contribution in [-0.4, -0.2) is 22.3 Å². The highest BCUT2D eigenvalue weighted by Crippen LogP contribution is 2.42. The minimum atomic E-state index is -0.506. The first-order valence-corrected chi connectivity index (χ1v) is 6.59. The van der Waals surface area contributed by atoms with Crippen LogP contribution in [0.25, 0.3) is 0 Å². The number of aliphatic hydroxyl groups is 1. The summed E-state index contributed by atoms with van der Waals surface area (Å²) in [6, 6.07) is 0.441. The summed E-state index contributed by atoms with van der Waals surface area (Å²) in [7, 11) is 0. The summed E-state index contributed by atoms with van der Waals surface area (Å²) < 4.78 is 0. The van der Waals surface area contributed by atoms with Gasteiger partial charge in [-0.3, -0.25) is 5.32 Å². The van der Waals surface area contributed by atoms with Gasteiger partial charge in [0.1, 0.15) is 0 Å². The van der Waals surface area contributed by atoms with Gasteiger partial charge in [-0.2, -0.15) is 0 Å². The molecule has 0 aromatic rings. The molecule has 2 rings (SSSR count). The van der Waals surface area contributed by atoms with Crippen molar-refractivity contribution in [3.8, 4) is 12.3 Å². The van der Waals surface area contributed by atoms with Crippen LogP contribution < -0.4 is 5.32 Å². The smallest absolute Gasteiger partial charge is 0.0828 e. The molecule has 0 aromatic heterocycles. The van der Waals surface area contributed by atoms with Crippen LogP contribution in [0.1, 0.15) is 58.3 Å². The Bertz CT molecular complexity index is 301. The van der Waals surface area contributed by atoms with Gasteiger partial charge in [-0.15, -0.1) is 18.8 Å². The molecule has 98 valence electrons. The van der Waals surface area contributed by atoms with Gasteiger partial charge in [0.05, 0.1) is 11.1 Å². The second-order valence-electron chi connectivity index (χ2n) is 5.67. The molecule has 3 unspecified atom stereocenters. The van der Waals surface area contributed by atoms with E-state index in [9.17, 15) is 5.11 Å². The molecule has 0 aromatic carbocycles. The highest BCUT2D eigenvalue weighted by atomic mass is 35.5. The Kier molecular flexibility index (Phi) is 4.89. The Morgan fingerprint density at radius 3 is 2.88 bits per heavy atom. The van der Waals surface area contributed by atoms with Crippen LogP contribution in [0.3, 0.4) is 0 Å². The molecule has 3 heteroatoms. The third-order valence-corrected chi connectivity index (χ3v) is 4.18. The molecule has 0 amide bonds. The molecular weight excluding hydrogens is 234 g/mol. The molecule has 0 aliphatic carbocycles. The lowest BCUT2D eigenvalue weighted by molar-refractivity contribution is -0.0258. The molecule has 2 bridgehead atoms. The average Bonchev–Trinajstić information content (AvgIpc) is 2.56. The predicted molar refractivity (Wildman–Crippen MR) is 73.3 cm³/mol. The summed E-state index contributed by atoms with van der Waals surface area (Å²) in [5.41, 5.74) is -0.710. The monoisotopic (exact) mass is 257 g/mol. The maximum atomic E-state index is 10.6. The Morgan fingerprint density at radius 2 is 2.24 bits per heavy atom. The fraction of sp³-hybridized carbons (Fsp3) is 0.857. The zero-order chi connectivity index (χ0) is 11.6. The number of unbranched alkanes of at least 4 members (excludes halogenated alkanes) is 2. The number of halogens is 1. The zero-order valence-corrected chi connectivity index (χ0v) is 11.5. The second-order valence-corrected chi connectivity index (χ2v) is 5.67. The van der Waals surface area contributed by atoms with Crippen molar-refractivity contribution >= 4 is 12.4 Å². The van der Waals surface area contributed by atoms with E-state index in [-0.39, 0.29) is 17.9 Å². The van der Waals surface area contributed by atoms with Crippen LogP contribution in [0.5, 0.6) is 0 Å². The lowest BCUT2D eigenvalue weighted by atomic mass is 9.77. The van der Waals surface area contributed by atoms with Gasteiger partial charge < -0.3 is 5.11 Å². The fourth-order valence-electron chi connectivity index (χ4n) is 3.40. The average molecular weight is 258 g/mol. The number of rotatable bonds is 4. The van der Waals surface area contributed by atoms with Gasteiger partial charge in [-0.05, 0) is 25.7 Å². The molecule has 0 radical (unpaired) electrons. The van der Waals surface area contributed by atoms with Crippen molar-refractivity contribution in [2.24, 2.45) is 0 Å². The second kappa shape index (κ2) is 5.61. The molecule has 2 nitrogen and oxygen atoms in total. The van der Waals surface area contributed by atoms with Crippen LogP contribution in [0.4, 0.5) is 0 Å². The maximum absolute atomic E-state index is 10.6.